The number of ether oxygens (including phenoxy) is 1. The van der Waals surface area contributed by atoms with Crippen LogP contribution >= 0.6 is 0 Å². The number of nitrogens with one attached hydrogen (secondary N) is 2. The zero-order valence-corrected chi connectivity index (χ0v) is 15.1. The van der Waals surface area contributed by atoms with Crippen molar-refractivity contribution in [2.75, 3.05) is 22.4 Å². The molecule has 0 unspecified atom stereocenters. The number of hydrogen-bond acceptors (Lipinski definition) is 8. The number of carbonyl (C=O) groups excluding carboxylic acids is 1. The van der Waals surface area contributed by atoms with Crippen LogP contribution in [0.1, 0.15) is 12.5 Å². The molecule has 1 aliphatic heterocycles. The van der Waals surface area contributed by atoms with Crippen LogP contribution in [-0.2, 0) is 26.0 Å². The fourth-order valence-electron chi connectivity index (χ4n) is 2.53. The second kappa shape index (κ2) is 7.43. The molecule has 1 amide bonds. The highest BCUT2D eigenvalue weighted by Crippen LogP contribution is 2.24. The van der Waals surface area contributed by atoms with Crippen LogP contribution in [0.3, 0.4) is 0 Å². The molecule has 0 bridgehead atoms. The van der Waals surface area contributed by atoms with Crippen LogP contribution < -0.4 is 21.2 Å². The second-order valence-corrected chi connectivity index (χ2v) is 7.25. The first-order chi connectivity index (χ1) is 12.8. The van der Waals surface area contributed by atoms with Gasteiger partial charge in [0.05, 0.1) is 30.8 Å². The smallest absolute Gasteiger partial charge is 0.450 e. The average Bonchev–Trinajstić information content (AvgIpc) is 2.95. The molecule has 10 nitrogen and oxygen atoms in total. The van der Waals surface area contributed by atoms with Crippen molar-refractivity contribution >= 4 is 45.8 Å². The Labute approximate surface area is 155 Å². The topological polar surface area (TPSA) is 153 Å². The summed E-state index contributed by atoms with van der Waals surface area (Å²) in [6.45, 7) is 1.97. The number of aromatic nitrogens is 1. The van der Waals surface area contributed by atoms with Crippen LogP contribution in [0.25, 0.3) is 0 Å². The van der Waals surface area contributed by atoms with E-state index in [0.29, 0.717) is 5.46 Å². The van der Waals surface area contributed by atoms with Crippen molar-refractivity contribution in [2.45, 2.75) is 18.6 Å². The number of benzene rings is 1. The first-order valence-electron chi connectivity index (χ1n) is 7.94. The summed E-state index contributed by atoms with van der Waals surface area (Å²) >= 11 is 0. The predicted octanol–water partition coefficient (Wildman–Crippen LogP) is 0.251. The van der Waals surface area contributed by atoms with Gasteiger partial charge >= 0.3 is 13.2 Å². The van der Waals surface area contributed by atoms with Crippen molar-refractivity contribution < 1.29 is 27.6 Å². The van der Waals surface area contributed by atoms with E-state index in [1.54, 1.807) is 13.0 Å². The second-order valence-electron chi connectivity index (χ2n) is 5.65. The summed E-state index contributed by atoms with van der Waals surface area (Å²) in [5.41, 5.74) is 7.13. The molecule has 2 aromatic rings. The summed E-state index contributed by atoms with van der Waals surface area (Å²) in [7, 11) is -5.28. The van der Waals surface area contributed by atoms with E-state index in [2.05, 4.69) is 15.0 Å². The molecular formula is C15H17BN4O6S. The van der Waals surface area contributed by atoms with Crippen LogP contribution in [0.4, 0.5) is 21.9 Å². The van der Waals surface area contributed by atoms with E-state index in [4.69, 9.17) is 15.1 Å². The van der Waals surface area contributed by atoms with E-state index < -0.39 is 28.3 Å². The Balaban J connectivity index is 1.91. The summed E-state index contributed by atoms with van der Waals surface area (Å²) < 4.78 is 37.7. The lowest BCUT2D eigenvalue weighted by molar-refractivity contribution is 0.168. The molecule has 0 atom stereocenters. The first-order valence-corrected chi connectivity index (χ1v) is 9.43. The van der Waals surface area contributed by atoms with E-state index >= 15 is 0 Å². The number of nitrogens with two attached hydrogens (primary N) is 1. The normalized spacial score (nSPS) is 13.2. The number of anilines is 3. The van der Waals surface area contributed by atoms with Crippen molar-refractivity contribution in [3.8, 4) is 0 Å². The highest BCUT2D eigenvalue weighted by Gasteiger charge is 2.28. The molecule has 5 N–H and O–H groups in total. The molecule has 27 heavy (non-hydrogen) atoms. The van der Waals surface area contributed by atoms with Crippen LogP contribution in [-0.4, -0.2) is 38.2 Å². The number of nitrogen functional groups attached to an aromatic ring is 1. The molecule has 12 heteroatoms. The average molecular weight is 392 g/mol. The Bertz CT molecular complexity index is 984. The molecule has 0 radical (unpaired) electrons. The maximum absolute atomic E-state index is 12.8. The van der Waals surface area contributed by atoms with Gasteiger partial charge in [0.1, 0.15) is 0 Å². The van der Waals surface area contributed by atoms with Crippen molar-refractivity contribution in [3.05, 3.63) is 36.0 Å². The van der Waals surface area contributed by atoms with Crippen molar-refractivity contribution in [3.63, 3.8) is 0 Å². The van der Waals surface area contributed by atoms with Crippen molar-refractivity contribution in [1.82, 2.24) is 4.98 Å². The van der Waals surface area contributed by atoms with Crippen molar-refractivity contribution in [2.24, 2.45) is 0 Å². The van der Waals surface area contributed by atoms with Gasteiger partial charge in [-0.2, -0.15) is 8.42 Å². The molecule has 3 rings (SSSR count). The number of hydrogen-bond donors (Lipinski definition) is 4. The summed E-state index contributed by atoms with van der Waals surface area (Å²) in [6, 6.07) is 5.92. The standard InChI is InChI=1S/C15H17BN4O6S/c1-2-25-15(21)19-13-5-10(17)7-18-14(13)27(23,24)20-11-4-3-9-8-26-16(22)12(9)6-11/h3-7,20,22H,2,8,17H2,1H3,(H,19,21). The molecule has 142 valence electrons. The maximum Gasteiger partial charge on any atom is 0.491 e. The largest absolute Gasteiger partial charge is 0.491 e. The lowest BCUT2D eigenvalue weighted by Gasteiger charge is -2.13. The van der Waals surface area contributed by atoms with E-state index in [9.17, 15) is 18.2 Å². The van der Waals surface area contributed by atoms with Gasteiger partial charge in [-0.05, 0) is 36.1 Å². The van der Waals surface area contributed by atoms with Gasteiger partial charge in [0, 0.05) is 5.69 Å². The van der Waals surface area contributed by atoms with Crippen LogP contribution in [0.15, 0.2) is 35.5 Å². The van der Waals surface area contributed by atoms with Gasteiger partial charge in [-0.3, -0.25) is 10.0 Å². The summed E-state index contributed by atoms with van der Waals surface area (Å²) in [5.74, 6) is 0. The molecular weight excluding hydrogens is 375 g/mol. The van der Waals surface area contributed by atoms with Gasteiger partial charge < -0.3 is 20.1 Å². The minimum absolute atomic E-state index is 0.113. The molecule has 0 saturated heterocycles. The maximum atomic E-state index is 12.8. The third-order valence-electron chi connectivity index (χ3n) is 3.70. The SMILES string of the molecule is CCOC(=O)Nc1cc(N)cnc1S(=O)(=O)Nc1ccc2c(c1)B(O)OC2. The molecule has 0 spiro atoms. The van der Waals surface area contributed by atoms with Gasteiger partial charge in [-0.25, -0.2) is 9.78 Å². The quantitative estimate of drug-likeness (QED) is 0.529. The number of amides is 1. The number of sulfonamides is 1. The summed E-state index contributed by atoms with van der Waals surface area (Å²) in [5, 5.41) is 11.6. The lowest BCUT2D eigenvalue weighted by Crippen LogP contribution is -2.28. The Morgan fingerprint density at radius 3 is 2.96 bits per heavy atom. The highest BCUT2D eigenvalue weighted by molar-refractivity contribution is 7.92. The number of fused-ring (bicyclic) bond motifs is 1. The fraction of sp³-hybridized carbons (Fsp3) is 0.200. The monoisotopic (exact) mass is 392 g/mol. The number of carbonyl (C=O) groups is 1. The number of nitrogens with zero attached hydrogens (tertiary/aromatic N) is 1. The zero-order valence-electron chi connectivity index (χ0n) is 14.3. The molecule has 2 heterocycles. The van der Waals surface area contributed by atoms with Gasteiger partial charge in [0.25, 0.3) is 10.0 Å². The molecule has 1 aliphatic rings. The van der Waals surface area contributed by atoms with E-state index in [-0.39, 0.29) is 30.3 Å². The zero-order chi connectivity index (χ0) is 19.6. The van der Waals surface area contributed by atoms with Crippen LogP contribution in [0.2, 0.25) is 0 Å². The molecule has 0 saturated carbocycles. The molecule has 1 aromatic heterocycles. The summed E-state index contributed by atoms with van der Waals surface area (Å²) in [6.07, 6.45) is 0.324. The minimum atomic E-state index is -4.17. The highest BCUT2D eigenvalue weighted by atomic mass is 32.2. The van der Waals surface area contributed by atoms with Gasteiger partial charge in [0.2, 0.25) is 0 Å². The van der Waals surface area contributed by atoms with Gasteiger partial charge in [-0.15, -0.1) is 0 Å². The summed E-state index contributed by atoms with van der Waals surface area (Å²) in [4.78, 5) is 15.5. The Morgan fingerprint density at radius 2 is 2.22 bits per heavy atom. The number of rotatable bonds is 5. The third kappa shape index (κ3) is 4.13. The Kier molecular flexibility index (Phi) is 5.21. The molecule has 1 aromatic carbocycles. The number of pyridine rings is 1. The first kappa shape index (κ1) is 19.0. The lowest BCUT2D eigenvalue weighted by atomic mass is 9.79. The molecule has 0 aliphatic carbocycles. The van der Waals surface area contributed by atoms with Crippen LogP contribution in [0.5, 0.6) is 0 Å². The van der Waals surface area contributed by atoms with E-state index in [1.807, 2.05) is 0 Å². The minimum Gasteiger partial charge on any atom is -0.450 e. The molecule has 0 fully saturated rings. The predicted molar refractivity (Wildman–Crippen MR) is 98.9 cm³/mol. The van der Waals surface area contributed by atoms with E-state index in [0.717, 1.165) is 11.8 Å². The van der Waals surface area contributed by atoms with Crippen molar-refractivity contribution in [1.29, 1.82) is 0 Å². The van der Waals surface area contributed by atoms with Crippen LogP contribution in [0, 0.1) is 0 Å². The third-order valence-corrected chi connectivity index (χ3v) is 5.04. The van der Waals surface area contributed by atoms with Gasteiger partial charge in [0.15, 0.2) is 5.03 Å². The van der Waals surface area contributed by atoms with Gasteiger partial charge in [-0.1, -0.05) is 6.07 Å². The Morgan fingerprint density at radius 1 is 1.44 bits per heavy atom. The van der Waals surface area contributed by atoms with E-state index in [1.165, 1.54) is 18.2 Å². The Hall–Kier alpha value is -2.83. The fourth-order valence-corrected chi connectivity index (χ4v) is 3.66.